The van der Waals surface area contributed by atoms with Gasteiger partial charge in [-0.3, -0.25) is 9.78 Å². The van der Waals surface area contributed by atoms with Crippen molar-refractivity contribution in [2.24, 2.45) is 0 Å². The summed E-state index contributed by atoms with van der Waals surface area (Å²) in [6.45, 7) is 2.86. The third-order valence-corrected chi connectivity index (χ3v) is 3.11. The molecular weight excluding hydrogens is 269 g/mol. The molecule has 110 valence electrons. The minimum atomic E-state index is -0.417. The second-order valence-corrected chi connectivity index (χ2v) is 4.71. The van der Waals surface area contributed by atoms with Crippen molar-refractivity contribution in [1.82, 2.24) is 9.88 Å². The maximum atomic E-state index is 13.8. The summed E-state index contributed by atoms with van der Waals surface area (Å²) in [7, 11) is 1.70. The van der Waals surface area contributed by atoms with Crippen molar-refractivity contribution >= 4 is 11.6 Å². The van der Waals surface area contributed by atoms with Gasteiger partial charge in [0.1, 0.15) is 5.82 Å². The van der Waals surface area contributed by atoms with Crippen molar-refractivity contribution in [2.75, 3.05) is 18.9 Å². The van der Waals surface area contributed by atoms with Crippen LogP contribution >= 0.6 is 0 Å². The van der Waals surface area contributed by atoms with E-state index in [9.17, 15) is 9.18 Å². The summed E-state index contributed by atoms with van der Waals surface area (Å²) in [5, 5.41) is 2.91. The molecule has 0 aliphatic rings. The first-order chi connectivity index (χ1) is 10.1. The van der Waals surface area contributed by atoms with Gasteiger partial charge in [-0.05, 0) is 36.8 Å². The smallest absolute Gasteiger partial charge is 0.256 e. The molecule has 2 aromatic rings. The Balaban J connectivity index is 2.21. The minimum Gasteiger partial charge on any atom is -0.382 e. The molecule has 0 fully saturated rings. The second kappa shape index (κ2) is 6.83. The van der Waals surface area contributed by atoms with E-state index in [1.165, 1.54) is 6.07 Å². The second-order valence-electron chi connectivity index (χ2n) is 4.71. The van der Waals surface area contributed by atoms with E-state index < -0.39 is 5.82 Å². The predicted octanol–water partition coefficient (Wildman–Crippen LogP) is 2.92. The van der Waals surface area contributed by atoms with Gasteiger partial charge >= 0.3 is 0 Å². The van der Waals surface area contributed by atoms with E-state index in [1.54, 1.807) is 36.5 Å². The fourth-order valence-electron chi connectivity index (χ4n) is 2.10. The molecule has 1 aromatic heterocycles. The van der Waals surface area contributed by atoms with E-state index in [0.29, 0.717) is 18.7 Å². The maximum Gasteiger partial charge on any atom is 0.256 e. The van der Waals surface area contributed by atoms with Crippen molar-refractivity contribution in [1.29, 1.82) is 0 Å². The molecule has 5 heteroatoms. The van der Waals surface area contributed by atoms with Crippen LogP contribution in [0.1, 0.15) is 22.8 Å². The Morgan fingerprint density at radius 3 is 2.67 bits per heavy atom. The van der Waals surface area contributed by atoms with Gasteiger partial charge in [0.05, 0.1) is 11.3 Å². The molecule has 1 aromatic carbocycles. The molecule has 0 aliphatic heterocycles. The Morgan fingerprint density at radius 1 is 1.29 bits per heavy atom. The molecule has 0 atom stereocenters. The number of pyridine rings is 1. The van der Waals surface area contributed by atoms with Crippen LogP contribution in [0.25, 0.3) is 0 Å². The molecule has 0 radical (unpaired) electrons. The van der Waals surface area contributed by atoms with Gasteiger partial charge in [0.25, 0.3) is 5.91 Å². The number of nitrogens with one attached hydrogen (secondary N) is 1. The molecule has 1 heterocycles. The number of aromatic nitrogens is 1. The van der Waals surface area contributed by atoms with E-state index >= 15 is 0 Å². The molecule has 0 saturated carbocycles. The van der Waals surface area contributed by atoms with Crippen LogP contribution in [0.5, 0.6) is 0 Å². The highest BCUT2D eigenvalue weighted by Gasteiger charge is 2.18. The topological polar surface area (TPSA) is 45.2 Å². The molecule has 0 saturated heterocycles. The normalized spacial score (nSPS) is 10.2. The van der Waals surface area contributed by atoms with Crippen LogP contribution < -0.4 is 5.32 Å². The summed E-state index contributed by atoms with van der Waals surface area (Å²) < 4.78 is 13.8. The first-order valence-corrected chi connectivity index (χ1v) is 6.80. The van der Waals surface area contributed by atoms with Crippen LogP contribution in [0.4, 0.5) is 10.1 Å². The molecule has 4 nitrogen and oxygen atoms in total. The fraction of sp³-hybridized carbons (Fsp3) is 0.250. The van der Waals surface area contributed by atoms with Crippen molar-refractivity contribution in [3.63, 3.8) is 0 Å². The van der Waals surface area contributed by atoms with Crippen LogP contribution in [0.3, 0.4) is 0 Å². The van der Waals surface area contributed by atoms with Gasteiger partial charge in [-0.2, -0.15) is 0 Å². The molecule has 0 unspecified atom stereocenters. The van der Waals surface area contributed by atoms with E-state index in [0.717, 1.165) is 5.56 Å². The summed E-state index contributed by atoms with van der Waals surface area (Å²) in [5.74, 6) is -0.637. The monoisotopic (exact) mass is 287 g/mol. The molecule has 2 rings (SSSR count). The largest absolute Gasteiger partial charge is 0.382 e. The lowest BCUT2D eigenvalue weighted by Gasteiger charge is -2.19. The van der Waals surface area contributed by atoms with Crippen molar-refractivity contribution < 1.29 is 9.18 Å². The van der Waals surface area contributed by atoms with Crippen molar-refractivity contribution in [2.45, 2.75) is 13.5 Å². The van der Waals surface area contributed by atoms with Crippen LogP contribution in [-0.4, -0.2) is 29.4 Å². The summed E-state index contributed by atoms with van der Waals surface area (Å²) in [5.41, 5.74) is 1.57. The highest BCUT2D eigenvalue weighted by atomic mass is 19.1. The Hall–Kier alpha value is -2.43. The Morgan fingerprint density at radius 2 is 2.00 bits per heavy atom. The summed E-state index contributed by atoms with van der Waals surface area (Å²) >= 11 is 0. The van der Waals surface area contributed by atoms with E-state index in [2.05, 4.69) is 10.3 Å². The quantitative estimate of drug-likeness (QED) is 0.919. The number of halogens is 1. The van der Waals surface area contributed by atoms with Crippen LogP contribution in [0.2, 0.25) is 0 Å². The number of benzene rings is 1. The molecule has 1 amide bonds. The van der Waals surface area contributed by atoms with Crippen LogP contribution in [-0.2, 0) is 6.54 Å². The number of carbonyl (C=O) groups excluding carboxylic acids is 1. The first-order valence-electron chi connectivity index (χ1n) is 6.80. The average Bonchev–Trinajstić information content (AvgIpc) is 2.50. The van der Waals surface area contributed by atoms with E-state index in [-0.39, 0.29) is 11.6 Å². The number of carbonyl (C=O) groups is 1. The molecule has 1 N–H and O–H groups in total. The third kappa shape index (κ3) is 3.56. The summed E-state index contributed by atoms with van der Waals surface area (Å²) in [6.07, 6.45) is 3.36. The highest BCUT2D eigenvalue weighted by Crippen LogP contribution is 2.21. The lowest BCUT2D eigenvalue weighted by Crippen LogP contribution is -2.27. The zero-order valence-corrected chi connectivity index (χ0v) is 12.1. The fourth-order valence-corrected chi connectivity index (χ4v) is 2.10. The van der Waals surface area contributed by atoms with Gasteiger partial charge in [-0.1, -0.05) is 6.07 Å². The lowest BCUT2D eigenvalue weighted by atomic mass is 10.1. The maximum absolute atomic E-state index is 13.8. The molecule has 0 aliphatic carbocycles. The standard InChI is InChI=1S/C16H18FN3O/c1-3-19-15-13(5-4-6-14(15)17)16(21)20(2)11-12-7-9-18-10-8-12/h4-10,19H,3,11H2,1-2H3. The van der Waals surface area contributed by atoms with E-state index in [1.807, 2.05) is 19.1 Å². The van der Waals surface area contributed by atoms with Crippen LogP contribution in [0.15, 0.2) is 42.7 Å². The number of para-hydroxylation sites is 1. The highest BCUT2D eigenvalue weighted by molar-refractivity contribution is 5.99. The SMILES string of the molecule is CCNc1c(F)cccc1C(=O)N(C)Cc1ccncc1. The predicted molar refractivity (Wildman–Crippen MR) is 80.6 cm³/mol. The minimum absolute atomic E-state index is 0.220. The number of hydrogen-bond donors (Lipinski definition) is 1. The number of nitrogens with zero attached hydrogens (tertiary/aromatic N) is 2. The molecule has 0 bridgehead atoms. The van der Waals surface area contributed by atoms with Gasteiger partial charge in [0.2, 0.25) is 0 Å². The zero-order valence-electron chi connectivity index (χ0n) is 12.1. The third-order valence-electron chi connectivity index (χ3n) is 3.11. The number of hydrogen-bond acceptors (Lipinski definition) is 3. The Labute approximate surface area is 123 Å². The summed E-state index contributed by atoms with van der Waals surface area (Å²) in [4.78, 5) is 18.0. The Kier molecular flexibility index (Phi) is 4.87. The van der Waals surface area contributed by atoms with Gasteiger partial charge in [-0.25, -0.2) is 4.39 Å². The van der Waals surface area contributed by atoms with Crippen LogP contribution in [0, 0.1) is 5.82 Å². The van der Waals surface area contributed by atoms with Crippen molar-refractivity contribution in [3.05, 3.63) is 59.7 Å². The van der Waals surface area contributed by atoms with Gasteiger partial charge in [0.15, 0.2) is 0 Å². The summed E-state index contributed by atoms with van der Waals surface area (Å²) in [6, 6.07) is 8.22. The number of amides is 1. The molecular formula is C16H18FN3O. The van der Waals surface area contributed by atoms with Crippen molar-refractivity contribution in [3.8, 4) is 0 Å². The zero-order chi connectivity index (χ0) is 15.2. The Bertz CT molecular complexity index is 616. The molecule has 21 heavy (non-hydrogen) atoms. The van der Waals surface area contributed by atoms with E-state index in [4.69, 9.17) is 0 Å². The number of anilines is 1. The number of rotatable bonds is 5. The molecule has 0 spiro atoms. The van der Waals surface area contributed by atoms with Gasteiger partial charge < -0.3 is 10.2 Å². The first kappa shape index (κ1) is 15.0. The van der Waals surface area contributed by atoms with Gasteiger partial charge in [-0.15, -0.1) is 0 Å². The van der Waals surface area contributed by atoms with Gasteiger partial charge in [0, 0.05) is 32.5 Å². The average molecular weight is 287 g/mol. The lowest BCUT2D eigenvalue weighted by molar-refractivity contribution is 0.0785.